The molecule has 0 bridgehead atoms. The van der Waals surface area contributed by atoms with Crippen LogP contribution in [0.15, 0.2) is 51.7 Å². The third-order valence-corrected chi connectivity index (χ3v) is 6.65. The molecule has 0 aliphatic rings. The monoisotopic (exact) mass is 384 g/mol. The van der Waals surface area contributed by atoms with Gasteiger partial charge in [-0.3, -0.25) is 4.72 Å². The van der Waals surface area contributed by atoms with Gasteiger partial charge < -0.3 is 0 Å². The summed E-state index contributed by atoms with van der Waals surface area (Å²) < 4.78 is 29.3. The number of benzene rings is 2. The molecule has 0 spiro atoms. The Morgan fingerprint density at radius 3 is 2.83 bits per heavy atom. The first-order valence-corrected chi connectivity index (χ1v) is 10.5. The Hall–Kier alpha value is -1.28. The second-order valence-electron chi connectivity index (χ2n) is 4.66. The number of aromatic nitrogens is 1. The Labute approximate surface area is 147 Å². The maximum Gasteiger partial charge on any atom is 0.261 e. The van der Waals surface area contributed by atoms with Crippen molar-refractivity contribution in [1.82, 2.24) is 4.98 Å². The minimum Gasteiger partial charge on any atom is -0.280 e. The van der Waals surface area contributed by atoms with E-state index >= 15 is 0 Å². The highest BCUT2D eigenvalue weighted by Gasteiger charge is 2.15. The standard InChI is InChI=1S/C15H13ClN2O2S3/c1-2-21-15-17-13-7-6-11(9-14(13)22-15)18-23(19,20)12-5-3-4-10(16)8-12/h3-9,18H,2H2,1H3. The van der Waals surface area contributed by atoms with Crippen molar-refractivity contribution in [1.29, 1.82) is 0 Å². The average Bonchev–Trinajstić information content (AvgIpc) is 2.89. The third kappa shape index (κ3) is 3.80. The topological polar surface area (TPSA) is 59.1 Å². The number of anilines is 1. The van der Waals surface area contributed by atoms with E-state index in [9.17, 15) is 8.42 Å². The smallest absolute Gasteiger partial charge is 0.261 e. The van der Waals surface area contributed by atoms with Crippen molar-refractivity contribution in [3.63, 3.8) is 0 Å². The van der Waals surface area contributed by atoms with Gasteiger partial charge in [-0.1, -0.05) is 36.4 Å². The first kappa shape index (κ1) is 16.6. The molecule has 1 N–H and O–H groups in total. The van der Waals surface area contributed by atoms with E-state index in [2.05, 4.69) is 16.6 Å². The molecule has 0 atom stereocenters. The molecule has 0 saturated carbocycles. The van der Waals surface area contributed by atoms with E-state index in [1.54, 1.807) is 47.4 Å². The molecule has 2 aromatic carbocycles. The second-order valence-corrected chi connectivity index (χ2v) is 9.32. The van der Waals surface area contributed by atoms with E-state index in [0.29, 0.717) is 10.7 Å². The van der Waals surface area contributed by atoms with Crippen molar-refractivity contribution in [2.75, 3.05) is 10.5 Å². The summed E-state index contributed by atoms with van der Waals surface area (Å²) >= 11 is 9.09. The Bertz CT molecular complexity index is 954. The van der Waals surface area contributed by atoms with Gasteiger partial charge in [-0.25, -0.2) is 13.4 Å². The molecule has 0 aliphatic carbocycles. The van der Waals surface area contributed by atoms with Crippen LogP contribution in [0.4, 0.5) is 5.69 Å². The summed E-state index contributed by atoms with van der Waals surface area (Å²) in [4.78, 5) is 4.63. The molecule has 23 heavy (non-hydrogen) atoms. The SMILES string of the molecule is CCSc1nc2ccc(NS(=O)(=O)c3cccc(Cl)c3)cc2s1. The Morgan fingerprint density at radius 1 is 1.26 bits per heavy atom. The lowest BCUT2D eigenvalue weighted by atomic mass is 10.3. The molecule has 1 aromatic heterocycles. The third-order valence-electron chi connectivity index (χ3n) is 3.00. The van der Waals surface area contributed by atoms with Crippen LogP contribution >= 0.6 is 34.7 Å². The van der Waals surface area contributed by atoms with Crippen LogP contribution in [0, 0.1) is 0 Å². The summed E-state index contributed by atoms with van der Waals surface area (Å²) in [6, 6.07) is 11.5. The quantitative estimate of drug-likeness (QED) is 0.638. The zero-order valence-electron chi connectivity index (χ0n) is 12.1. The Balaban J connectivity index is 1.91. The predicted molar refractivity (Wildman–Crippen MR) is 98.3 cm³/mol. The number of fused-ring (bicyclic) bond motifs is 1. The molecule has 1 heterocycles. The summed E-state index contributed by atoms with van der Waals surface area (Å²) in [7, 11) is -3.66. The first-order chi connectivity index (χ1) is 11.0. The first-order valence-electron chi connectivity index (χ1n) is 6.80. The fraction of sp³-hybridized carbons (Fsp3) is 0.133. The number of nitrogens with zero attached hydrogens (tertiary/aromatic N) is 1. The van der Waals surface area contributed by atoms with Crippen LogP contribution in [0.25, 0.3) is 10.2 Å². The number of hydrogen-bond acceptors (Lipinski definition) is 5. The number of sulfonamides is 1. The van der Waals surface area contributed by atoms with Crippen molar-refractivity contribution < 1.29 is 8.42 Å². The molecule has 0 aliphatic heterocycles. The van der Waals surface area contributed by atoms with Gasteiger partial charge in [-0.15, -0.1) is 11.3 Å². The number of thiazole rings is 1. The van der Waals surface area contributed by atoms with E-state index < -0.39 is 10.0 Å². The van der Waals surface area contributed by atoms with Crippen LogP contribution in [0.3, 0.4) is 0 Å². The molecule has 3 rings (SSSR count). The lowest BCUT2D eigenvalue weighted by Crippen LogP contribution is -2.12. The highest BCUT2D eigenvalue weighted by atomic mass is 35.5. The highest BCUT2D eigenvalue weighted by molar-refractivity contribution is 8.01. The van der Waals surface area contributed by atoms with Crippen molar-refractivity contribution in [3.05, 3.63) is 47.5 Å². The average molecular weight is 385 g/mol. The molecular formula is C15H13ClN2O2S3. The normalized spacial score (nSPS) is 11.7. The summed E-state index contributed by atoms with van der Waals surface area (Å²) in [5.74, 6) is 0.952. The second kappa shape index (κ2) is 6.68. The van der Waals surface area contributed by atoms with Gasteiger partial charge in [0.2, 0.25) is 0 Å². The minimum absolute atomic E-state index is 0.136. The zero-order chi connectivity index (χ0) is 16.4. The molecule has 0 amide bonds. The fourth-order valence-corrected chi connectivity index (χ4v) is 5.36. The van der Waals surface area contributed by atoms with Gasteiger partial charge in [0.25, 0.3) is 10.0 Å². The van der Waals surface area contributed by atoms with E-state index in [-0.39, 0.29) is 4.90 Å². The minimum atomic E-state index is -3.66. The molecule has 3 aromatic rings. The van der Waals surface area contributed by atoms with Gasteiger partial charge in [0, 0.05) is 5.02 Å². The lowest BCUT2D eigenvalue weighted by Gasteiger charge is -2.08. The van der Waals surface area contributed by atoms with Gasteiger partial charge >= 0.3 is 0 Å². The van der Waals surface area contributed by atoms with Crippen LogP contribution in [0.1, 0.15) is 6.92 Å². The molecule has 0 unspecified atom stereocenters. The van der Waals surface area contributed by atoms with Gasteiger partial charge in [0.15, 0.2) is 4.34 Å². The molecule has 0 fully saturated rings. The van der Waals surface area contributed by atoms with E-state index in [1.807, 2.05) is 6.07 Å². The number of thioether (sulfide) groups is 1. The van der Waals surface area contributed by atoms with Crippen LogP contribution < -0.4 is 4.72 Å². The molecule has 0 radical (unpaired) electrons. The van der Waals surface area contributed by atoms with Gasteiger partial charge in [-0.2, -0.15) is 0 Å². The summed E-state index contributed by atoms with van der Waals surface area (Å²) in [5.41, 5.74) is 1.38. The van der Waals surface area contributed by atoms with Gasteiger partial charge in [0.1, 0.15) is 0 Å². The van der Waals surface area contributed by atoms with E-state index in [4.69, 9.17) is 11.6 Å². The molecule has 120 valence electrons. The fourth-order valence-electron chi connectivity index (χ4n) is 2.00. The van der Waals surface area contributed by atoms with E-state index in [1.165, 1.54) is 12.1 Å². The number of rotatable bonds is 5. The number of hydrogen-bond donors (Lipinski definition) is 1. The van der Waals surface area contributed by atoms with Crippen LogP contribution in [0.2, 0.25) is 5.02 Å². The Kier molecular flexibility index (Phi) is 4.82. The molecule has 0 saturated heterocycles. The van der Waals surface area contributed by atoms with Crippen LogP contribution in [-0.4, -0.2) is 19.2 Å². The largest absolute Gasteiger partial charge is 0.280 e. The van der Waals surface area contributed by atoms with Gasteiger partial charge in [-0.05, 0) is 42.2 Å². The molecule has 8 heteroatoms. The maximum atomic E-state index is 12.4. The predicted octanol–water partition coefficient (Wildman–Crippen LogP) is 4.86. The number of halogens is 1. The van der Waals surface area contributed by atoms with Crippen LogP contribution in [0.5, 0.6) is 0 Å². The zero-order valence-corrected chi connectivity index (χ0v) is 15.3. The van der Waals surface area contributed by atoms with Crippen LogP contribution in [-0.2, 0) is 10.0 Å². The Morgan fingerprint density at radius 2 is 2.09 bits per heavy atom. The summed E-state index contributed by atoms with van der Waals surface area (Å²) in [6.07, 6.45) is 0. The highest BCUT2D eigenvalue weighted by Crippen LogP contribution is 2.31. The summed E-state index contributed by atoms with van der Waals surface area (Å²) in [6.45, 7) is 2.07. The molecule has 4 nitrogen and oxygen atoms in total. The van der Waals surface area contributed by atoms with Crippen molar-refractivity contribution in [2.45, 2.75) is 16.2 Å². The number of nitrogens with one attached hydrogen (secondary N) is 1. The molecular weight excluding hydrogens is 372 g/mol. The lowest BCUT2D eigenvalue weighted by molar-refractivity contribution is 0.601. The maximum absolute atomic E-state index is 12.4. The van der Waals surface area contributed by atoms with Crippen molar-refractivity contribution in [2.24, 2.45) is 0 Å². The van der Waals surface area contributed by atoms with Crippen molar-refractivity contribution >= 4 is 60.6 Å². The summed E-state index contributed by atoms with van der Waals surface area (Å²) in [5, 5.41) is 0.381. The van der Waals surface area contributed by atoms with Gasteiger partial charge in [0.05, 0.1) is 20.8 Å². The van der Waals surface area contributed by atoms with Crippen molar-refractivity contribution in [3.8, 4) is 0 Å². The van der Waals surface area contributed by atoms with E-state index in [0.717, 1.165) is 20.3 Å².